The first-order valence-electron chi connectivity index (χ1n) is 4.40. The van der Waals surface area contributed by atoms with Crippen molar-refractivity contribution in [3.63, 3.8) is 0 Å². The van der Waals surface area contributed by atoms with Crippen LogP contribution in [0.5, 0.6) is 0 Å². The Morgan fingerprint density at radius 3 is 2.87 bits per heavy atom. The largest absolute Gasteiger partial charge is 0.351 e. The highest BCUT2D eigenvalue weighted by Gasteiger charge is 2.09. The van der Waals surface area contributed by atoms with Crippen LogP contribution in [0, 0.1) is 6.92 Å². The van der Waals surface area contributed by atoms with Crippen LogP contribution in [0.4, 0.5) is 5.82 Å². The average Bonchev–Trinajstić information content (AvgIpc) is 2.74. The normalized spacial score (nSPS) is 9.93. The molecule has 0 saturated heterocycles. The van der Waals surface area contributed by atoms with E-state index in [1.165, 1.54) is 12.3 Å². The molecule has 15 heavy (non-hydrogen) atoms. The highest BCUT2D eigenvalue weighted by molar-refractivity contribution is 6.01. The standard InChI is InChI=1S/C10H9N3O2/c1-7-2-3-9(11-6-7)13-10(14)8-4-5-12-15-8/h2-6H,1H3,(H,11,13,14). The van der Waals surface area contributed by atoms with Crippen molar-refractivity contribution >= 4 is 11.7 Å². The molecule has 0 radical (unpaired) electrons. The fraction of sp³-hybridized carbons (Fsp3) is 0.100. The predicted octanol–water partition coefficient (Wildman–Crippen LogP) is 1.63. The molecule has 0 spiro atoms. The third kappa shape index (κ3) is 2.19. The first kappa shape index (κ1) is 9.39. The van der Waals surface area contributed by atoms with Crippen LogP contribution in [-0.2, 0) is 0 Å². The van der Waals surface area contributed by atoms with Crippen LogP contribution in [0.3, 0.4) is 0 Å². The van der Waals surface area contributed by atoms with Gasteiger partial charge in [-0.05, 0) is 18.6 Å². The fourth-order valence-corrected chi connectivity index (χ4v) is 1.05. The van der Waals surface area contributed by atoms with Gasteiger partial charge >= 0.3 is 0 Å². The first-order chi connectivity index (χ1) is 7.25. The third-order valence-electron chi connectivity index (χ3n) is 1.81. The van der Waals surface area contributed by atoms with Crippen LogP contribution < -0.4 is 5.32 Å². The summed E-state index contributed by atoms with van der Waals surface area (Å²) in [6.45, 7) is 1.93. The van der Waals surface area contributed by atoms with E-state index in [1.807, 2.05) is 13.0 Å². The maximum atomic E-state index is 11.5. The molecule has 5 heteroatoms. The molecule has 0 aromatic carbocycles. The Hall–Kier alpha value is -2.17. The second-order valence-corrected chi connectivity index (χ2v) is 3.05. The molecule has 76 valence electrons. The zero-order chi connectivity index (χ0) is 10.7. The lowest BCUT2D eigenvalue weighted by Gasteiger charge is -2.01. The van der Waals surface area contributed by atoms with Gasteiger partial charge < -0.3 is 9.84 Å². The number of pyridine rings is 1. The quantitative estimate of drug-likeness (QED) is 0.805. The zero-order valence-corrected chi connectivity index (χ0v) is 8.10. The molecule has 2 aromatic rings. The van der Waals surface area contributed by atoms with Crippen molar-refractivity contribution in [2.24, 2.45) is 0 Å². The van der Waals surface area contributed by atoms with Crippen molar-refractivity contribution in [2.75, 3.05) is 5.32 Å². The SMILES string of the molecule is Cc1ccc(NC(=O)c2ccno2)nc1. The molecule has 2 aromatic heterocycles. The first-order valence-corrected chi connectivity index (χ1v) is 4.40. The Morgan fingerprint density at radius 1 is 1.40 bits per heavy atom. The molecular formula is C10H9N3O2. The van der Waals surface area contributed by atoms with Gasteiger partial charge in [0.15, 0.2) is 0 Å². The van der Waals surface area contributed by atoms with E-state index in [2.05, 4.69) is 15.5 Å². The smallest absolute Gasteiger partial charge is 0.295 e. The second-order valence-electron chi connectivity index (χ2n) is 3.05. The number of nitrogens with zero attached hydrogens (tertiary/aromatic N) is 2. The molecule has 1 N–H and O–H groups in total. The Balaban J connectivity index is 2.09. The summed E-state index contributed by atoms with van der Waals surface area (Å²) in [5, 5.41) is 6.03. The van der Waals surface area contributed by atoms with Gasteiger partial charge in [0.25, 0.3) is 5.91 Å². The van der Waals surface area contributed by atoms with E-state index in [1.54, 1.807) is 12.3 Å². The number of rotatable bonds is 2. The van der Waals surface area contributed by atoms with Crippen molar-refractivity contribution in [3.05, 3.63) is 41.9 Å². The van der Waals surface area contributed by atoms with Crippen LogP contribution in [0.15, 0.2) is 35.1 Å². The van der Waals surface area contributed by atoms with Gasteiger partial charge in [0.2, 0.25) is 5.76 Å². The summed E-state index contributed by atoms with van der Waals surface area (Å²) in [6.07, 6.45) is 3.09. The van der Waals surface area contributed by atoms with Crippen LogP contribution in [0.25, 0.3) is 0 Å². The number of hydrogen-bond acceptors (Lipinski definition) is 4. The highest BCUT2D eigenvalue weighted by atomic mass is 16.5. The lowest BCUT2D eigenvalue weighted by molar-refractivity contribution is 0.0987. The predicted molar refractivity (Wildman–Crippen MR) is 53.4 cm³/mol. The second kappa shape index (κ2) is 3.91. The molecule has 1 amide bonds. The number of aryl methyl sites for hydroxylation is 1. The molecular weight excluding hydrogens is 194 g/mol. The van der Waals surface area contributed by atoms with Crippen LogP contribution >= 0.6 is 0 Å². The molecule has 0 atom stereocenters. The van der Waals surface area contributed by atoms with E-state index in [-0.39, 0.29) is 11.7 Å². The van der Waals surface area contributed by atoms with Gasteiger partial charge in [-0.15, -0.1) is 0 Å². The minimum absolute atomic E-state index is 0.164. The van der Waals surface area contributed by atoms with Crippen LogP contribution in [0.2, 0.25) is 0 Å². The van der Waals surface area contributed by atoms with Gasteiger partial charge in [-0.25, -0.2) is 4.98 Å². The topological polar surface area (TPSA) is 68.0 Å². The lowest BCUT2D eigenvalue weighted by atomic mass is 10.3. The third-order valence-corrected chi connectivity index (χ3v) is 1.81. The van der Waals surface area contributed by atoms with E-state index < -0.39 is 0 Å². The molecule has 0 unspecified atom stereocenters. The Morgan fingerprint density at radius 2 is 2.27 bits per heavy atom. The van der Waals surface area contributed by atoms with Gasteiger partial charge in [0.05, 0.1) is 6.20 Å². The zero-order valence-electron chi connectivity index (χ0n) is 8.10. The molecule has 2 rings (SSSR count). The molecule has 0 fully saturated rings. The van der Waals surface area contributed by atoms with E-state index in [0.717, 1.165) is 5.56 Å². The van der Waals surface area contributed by atoms with E-state index in [4.69, 9.17) is 4.52 Å². The summed E-state index contributed by atoms with van der Waals surface area (Å²) in [4.78, 5) is 15.5. The summed E-state index contributed by atoms with van der Waals surface area (Å²) >= 11 is 0. The molecule has 5 nitrogen and oxygen atoms in total. The van der Waals surface area contributed by atoms with Gasteiger partial charge in [-0.3, -0.25) is 4.79 Å². The maximum absolute atomic E-state index is 11.5. The van der Waals surface area contributed by atoms with Crippen molar-refractivity contribution in [2.45, 2.75) is 6.92 Å². The Bertz CT molecular complexity index is 448. The van der Waals surface area contributed by atoms with Crippen molar-refractivity contribution in [3.8, 4) is 0 Å². The number of carbonyl (C=O) groups is 1. The van der Waals surface area contributed by atoms with E-state index >= 15 is 0 Å². The fourth-order valence-electron chi connectivity index (χ4n) is 1.05. The summed E-state index contributed by atoms with van der Waals surface area (Å²) in [5.41, 5.74) is 1.03. The minimum Gasteiger partial charge on any atom is -0.351 e. The Labute approximate surface area is 86.1 Å². The van der Waals surface area contributed by atoms with Gasteiger partial charge in [-0.1, -0.05) is 11.2 Å². The summed E-state index contributed by atoms with van der Waals surface area (Å²) in [7, 11) is 0. The summed E-state index contributed by atoms with van der Waals surface area (Å²) < 4.78 is 4.70. The number of nitrogens with one attached hydrogen (secondary N) is 1. The van der Waals surface area contributed by atoms with Crippen LogP contribution in [-0.4, -0.2) is 16.0 Å². The van der Waals surface area contributed by atoms with Gasteiger partial charge in [0, 0.05) is 12.3 Å². The van der Waals surface area contributed by atoms with Crippen LogP contribution in [0.1, 0.15) is 16.1 Å². The minimum atomic E-state index is -0.358. The van der Waals surface area contributed by atoms with E-state index in [9.17, 15) is 4.79 Å². The van der Waals surface area contributed by atoms with Crippen molar-refractivity contribution in [1.29, 1.82) is 0 Å². The average molecular weight is 203 g/mol. The monoisotopic (exact) mass is 203 g/mol. The molecule has 0 saturated carbocycles. The summed E-state index contributed by atoms with van der Waals surface area (Å²) in [5.74, 6) is 0.295. The Kier molecular flexibility index (Phi) is 2.45. The molecule has 0 bridgehead atoms. The molecule has 0 aliphatic carbocycles. The number of carbonyl (C=O) groups excluding carboxylic acids is 1. The van der Waals surface area contributed by atoms with Crippen molar-refractivity contribution < 1.29 is 9.32 Å². The maximum Gasteiger partial charge on any atom is 0.295 e. The number of anilines is 1. The number of hydrogen-bond donors (Lipinski definition) is 1. The highest BCUT2D eigenvalue weighted by Crippen LogP contribution is 2.06. The number of amides is 1. The van der Waals surface area contributed by atoms with Gasteiger partial charge in [0.1, 0.15) is 5.82 Å². The summed E-state index contributed by atoms with van der Waals surface area (Å²) in [6, 6.07) is 5.08. The lowest BCUT2D eigenvalue weighted by Crippen LogP contribution is -2.11. The van der Waals surface area contributed by atoms with Gasteiger partial charge in [-0.2, -0.15) is 0 Å². The van der Waals surface area contributed by atoms with Crippen molar-refractivity contribution in [1.82, 2.24) is 10.1 Å². The van der Waals surface area contributed by atoms with E-state index in [0.29, 0.717) is 5.82 Å². The molecule has 0 aliphatic heterocycles. The molecule has 0 aliphatic rings. The molecule has 2 heterocycles. The number of aromatic nitrogens is 2.